The Hall–Kier alpha value is -2.74. The van der Waals surface area contributed by atoms with Gasteiger partial charge in [-0.3, -0.25) is 14.6 Å². The molecule has 0 radical (unpaired) electrons. The van der Waals surface area contributed by atoms with Gasteiger partial charge in [-0.2, -0.15) is 0 Å². The summed E-state index contributed by atoms with van der Waals surface area (Å²) in [5.74, 6) is 2.21. The van der Waals surface area contributed by atoms with E-state index in [9.17, 15) is 9.59 Å². The molecule has 0 amide bonds. The Bertz CT molecular complexity index is 960. The van der Waals surface area contributed by atoms with E-state index >= 15 is 0 Å². The number of thioether (sulfide) groups is 1. The molecule has 2 aromatic heterocycles. The Morgan fingerprint density at radius 3 is 2.79 bits per heavy atom. The van der Waals surface area contributed by atoms with E-state index in [0.29, 0.717) is 28.1 Å². The van der Waals surface area contributed by atoms with Crippen molar-refractivity contribution >= 4 is 34.6 Å². The van der Waals surface area contributed by atoms with Crippen LogP contribution in [0.2, 0.25) is 0 Å². The molecule has 8 heteroatoms. The maximum atomic E-state index is 11.8. The zero-order chi connectivity index (χ0) is 20.2. The topological polar surface area (TPSA) is 111 Å². The van der Waals surface area contributed by atoms with Crippen LogP contribution in [0.15, 0.2) is 45.0 Å². The highest BCUT2D eigenvalue weighted by atomic mass is 32.2. The maximum Gasteiger partial charge on any atom is 0.201 e. The molecule has 3 heterocycles. The van der Waals surface area contributed by atoms with Crippen molar-refractivity contribution < 1.29 is 14.0 Å². The molecular formula is C21H22N4O3S. The number of furan rings is 1. The molecule has 7 nitrogen and oxygen atoms in total. The number of ketones is 1. The molecule has 0 atom stereocenters. The van der Waals surface area contributed by atoms with Crippen LogP contribution in [0, 0.1) is 5.92 Å². The second-order valence-electron chi connectivity index (χ2n) is 7.35. The number of hydrogen-bond acceptors (Lipinski definition) is 7. The number of allylic oxidation sites excluding steroid dienone is 1. The number of aliphatic imine (C=N–C) groups is 1. The zero-order valence-electron chi connectivity index (χ0n) is 15.9. The van der Waals surface area contributed by atoms with Crippen LogP contribution in [0.25, 0.3) is 6.08 Å². The molecule has 0 unspecified atom stereocenters. The van der Waals surface area contributed by atoms with E-state index in [-0.39, 0.29) is 23.4 Å². The number of carbonyl (C=O) groups excluding carboxylic acids is 2. The third kappa shape index (κ3) is 5.00. The third-order valence-electron chi connectivity index (χ3n) is 5.19. The molecule has 0 bridgehead atoms. The fourth-order valence-corrected chi connectivity index (χ4v) is 4.51. The van der Waals surface area contributed by atoms with Gasteiger partial charge in [-0.1, -0.05) is 0 Å². The second kappa shape index (κ2) is 8.73. The molecule has 4 rings (SSSR count). The first kappa shape index (κ1) is 19.6. The van der Waals surface area contributed by atoms with Crippen molar-refractivity contribution in [3.63, 3.8) is 0 Å². The Balaban J connectivity index is 1.34. The molecule has 1 aliphatic carbocycles. The fourth-order valence-electron chi connectivity index (χ4n) is 3.69. The van der Waals surface area contributed by atoms with Crippen molar-refractivity contribution in [2.24, 2.45) is 16.6 Å². The summed E-state index contributed by atoms with van der Waals surface area (Å²) >= 11 is 0.997. The van der Waals surface area contributed by atoms with Gasteiger partial charge in [0.1, 0.15) is 5.82 Å². The first-order valence-electron chi connectivity index (χ1n) is 9.71. The number of nitrogens with two attached hydrogens (primary N) is 1. The third-order valence-corrected chi connectivity index (χ3v) is 6.13. The van der Waals surface area contributed by atoms with Gasteiger partial charge < -0.3 is 10.2 Å². The van der Waals surface area contributed by atoms with Gasteiger partial charge in [-0.05, 0) is 67.6 Å². The highest BCUT2D eigenvalue weighted by Gasteiger charge is 2.26. The predicted octanol–water partition coefficient (Wildman–Crippen LogP) is 3.15. The smallest absolute Gasteiger partial charge is 0.201 e. The highest BCUT2D eigenvalue weighted by Crippen LogP contribution is 2.31. The summed E-state index contributed by atoms with van der Waals surface area (Å²) in [4.78, 5) is 37.2. The zero-order valence-corrected chi connectivity index (χ0v) is 16.7. The van der Waals surface area contributed by atoms with Crippen LogP contribution in [0.1, 0.15) is 49.4 Å². The maximum absolute atomic E-state index is 11.8. The summed E-state index contributed by atoms with van der Waals surface area (Å²) in [7, 11) is 0. The first-order chi connectivity index (χ1) is 14.1. The monoisotopic (exact) mass is 410 g/mol. The Labute approximate surface area is 172 Å². The van der Waals surface area contributed by atoms with E-state index < -0.39 is 0 Å². The lowest BCUT2D eigenvalue weighted by molar-refractivity contribution is -0.119. The predicted molar refractivity (Wildman–Crippen MR) is 111 cm³/mol. The van der Waals surface area contributed by atoms with Crippen LogP contribution in [0.3, 0.4) is 0 Å². The first-order valence-corrected chi connectivity index (χ1v) is 10.5. The molecule has 0 spiro atoms. The summed E-state index contributed by atoms with van der Waals surface area (Å²) in [6.45, 7) is 0. The van der Waals surface area contributed by atoms with Crippen molar-refractivity contribution in [3.8, 4) is 0 Å². The standard InChI is InChI=1S/C21H22N4O3S/c22-21(17-2-1-9-28-17)25-14-5-3-13(4-6-14)10-19-23-8-7-15(24-19)11-18-16(26)12-20(27)29-18/h1-2,7-9,11,13-14H,3-6,10,12H2,(H2,22,25)/b18-11-. The van der Waals surface area contributed by atoms with Gasteiger partial charge in [0.05, 0.1) is 29.3 Å². The van der Waals surface area contributed by atoms with Gasteiger partial charge in [0, 0.05) is 12.6 Å². The molecule has 0 aromatic carbocycles. The molecular weight excluding hydrogens is 388 g/mol. The summed E-state index contributed by atoms with van der Waals surface area (Å²) in [5, 5.41) is -0.109. The molecule has 2 fully saturated rings. The number of amidine groups is 1. The molecule has 2 N–H and O–H groups in total. The van der Waals surface area contributed by atoms with Crippen molar-refractivity contribution in [1.29, 1.82) is 0 Å². The number of nitrogens with zero attached hydrogens (tertiary/aromatic N) is 3. The number of carbonyl (C=O) groups is 2. The number of hydrogen-bond donors (Lipinski definition) is 1. The molecule has 1 aliphatic heterocycles. The quantitative estimate of drug-likeness (QED) is 0.349. The van der Waals surface area contributed by atoms with Crippen LogP contribution in [0.4, 0.5) is 0 Å². The van der Waals surface area contributed by atoms with Crippen LogP contribution in [-0.2, 0) is 16.0 Å². The van der Waals surface area contributed by atoms with Gasteiger partial charge in [0.15, 0.2) is 17.4 Å². The van der Waals surface area contributed by atoms with Gasteiger partial charge in [0.2, 0.25) is 5.12 Å². The largest absolute Gasteiger partial charge is 0.461 e. The summed E-state index contributed by atoms with van der Waals surface area (Å²) in [6, 6.07) is 5.60. The van der Waals surface area contributed by atoms with E-state index in [1.54, 1.807) is 30.7 Å². The Morgan fingerprint density at radius 2 is 2.10 bits per heavy atom. The van der Waals surface area contributed by atoms with Crippen molar-refractivity contribution in [2.45, 2.75) is 44.6 Å². The fraction of sp³-hybridized carbons (Fsp3) is 0.381. The summed E-state index contributed by atoms with van der Waals surface area (Å²) in [5.41, 5.74) is 6.69. The number of rotatable bonds is 5. The Kier molecular flexibility index (Phi) is 5.89. The van der Waals surface area contributed by atoms with Gasteiger partial charge in [0.25, 0.3) is 0 Å². The highest BCUT2D eigenvalue weighted by molar-refractivity contribution is 8.18. The Morgan fingerprint density at radius 1 is 1.28 bits per heavy atom. The van der Waals surface area contributed by atoms with Gasteiger partial charge >= 0.3 is 0 Å². The number of aromatic nitrogens is 2. The second-order valence-corrected chi connectivity index (χ2v) is 8.45. The van der Waals surface area contributed by atoms with Crippen molar-refractivity contribution in [3.05, 3.63) is 52.8 Å². The van der Waals surface area contributed by atoms with E-state index in [1.165, 1.54) is 0 Å². The van der Waals surface area contributed by atoms with Gasteiger partial charge in [-0.25, -0.2) is 9.97 Å². The molecule has 29 heavy (non-hydrogen) atoms. The average Bonchev–Trinajstić information content (AvgIpc) is 3.34. The lowest BCUT2D eigenvalue weighted by Gasteiger charge is -2.26. The molecule has 1 saturated heterocycles. The molecule has 2 aliphatic rings. The van der Waals surface area contributed by atoms with Crippen LogP contribution < -0.4 is 5.73 Å². The average molecular weight is 410 g/mol. The molecule has 150 valence electrons. The molecule has 1 saturated carbocycles. The minimum atomic E-state index is -0.132. The minimum Gasteiger partial charge on any atom is -0.461 e. The van der Waals surface area contributed by atoms with Crippen molar-refractivity contribution in [1.82, 2.24) is 9.97 Å². The molecule has 2 aromatic rings. The van der Waals surface area contributed by atoms with Crippen LogP contribution >= 0.6 is 11.8 Å². The van der Waals surface area contributed by atoms with Gasteiger partial charge in [-0.15, -0.1) is 0 Å². The number of Topliss-reactive ketones (excluding diaryl/α,β-unsaturated/α-hetero) is 1. The normalized spacial score (nSPS) is 24.4. The van der Waals surface area contributed by atoms with E-state index in [0.717, 1.165) is 49.7 Å². The lowest BCUT2D eigenvalue weighted by atomic mass is 9.84. The van der Waals surface area contributed by atoms with E-state index in [2.05, 4.69) is 15.0 Å². The van der Waals surface area contributed by atoms with E-state index in [4.69, 9.17) is 10.2 Å². The van der Waals surface area contributed by atoms with Crippen LogP contribution in [-0.4, -0.2) is 32.7 Å². The van der Waals surface area contributed by atoms with Crippen molar-refractivity contribution in [2.75, 3.05) is 0 Å². The summed E-state index contributed by atoms with van der Waals surface area (Å²) < 4.78 is 5.29. The lowest BCUT2D eigenvalue weighted by Crippen LogP contribution is -2.23. The minimum absolute atomic E-state index is 0.0232. The summed E-state index contributed by atoms with van der Waals surface area (Å²) in [6.07, 6.45) is 9.79. The SMILES string of the molecule is NC(=NC1CCC(Cc2nccc(/C=C3\SC(=O)CC3=O)n2)CC1)c1ccco1. The van der Waals surface area contributed by atoms with E-state index in [1.807, 2.05) is 6.07 Å². The van der Waals surface area contributed by atoms with Crippen LogP contribution in [0.5, 0.6) is 0 Å².